The van der Waals surface area contributed by atoms with Crippen molar-refractivity contribution in [2.45, 2.75) is 51.2 Å². The van der Waals surface area contributed by atoms with Crippen LogP contribution in [0.5, 0.6) is 0 Å². The van der Waals surface area contributed by atoms with Crippen LogP contribution >= 0.6 is 23.2 Å². The minimum atomic E-state index is -0.116. The van der Waals surface area contributed by atoms with E-state index in [9.17, 15) is 5.11 Å². The minimum Gasteiger partial charge on any atom is -0.393 e. The largest absolute Gasteiger partial charge is 0.393 e. The first-order valence-electron chi connectivity index (χ1n) is 7.46. The van der Waals surface area contributed by atoms with Crippen LogP contribution in [0.2, 0.25) is 10.0 Å². The van der Waals surface area contributed by atoms with Gasteiger partial charge in [0.05, 0.1) is 6.10 Å². The van der Waals surface area contributed by atoms with Crippen molar-refractivity contribution in [3.63, 3.8) is 0 Å². The van der Waals surface area contributed by atoms with E-state index in [2.05, 4.69) is 12.2 Å². The number of benzene rings is 1. The van der Waals surface area contributed by atoms with Crippen molar-refractivity contribution in [2.75, 3.05) is 6.54 Å². The van der Waals surface area contributed by atoms with Gasteiger partial charge in [0.25, 0.3) is 0 Å². The lowest BCUT2D eigenvalue weighted by atomic mass is 9.87. The van der Waals surface area contributed by atoms with E-state index >= 15 is 0 Å². The lowest BCUT2D eigenvalue weighted by Crippen LogP contribution is -2.31. The average molecular weight is 316 g/mol. The van der Waals surface area contributed by atoms with Crippen molar-refractivity contribution in [1.29, 1.82) is 0 Å². The fraction of sp³-hybridized carbons (Fsp3) is 0.625. The summed E-state index contributed by atoms with van der Waals surface area (Å²) in [5.41, 5.74) is 1.11. The van der Waals surface area contributed by atoms with Gasteiger partial charge in [-0.15, -0.1) is 0 Å². The van der Waals surface area contributed by atoms with Gasteiger partial charge in [-0.1, -0.05) is 42.6 Å². The Morgan fingerprint density at radius 3 is 2.80 bits per heavy atom. The molecule has 1 aromatic rings. The van der Waals surface area contributed by atoms with Crippen molar-refractivity contribution in [2.24, 2.45) is 5.92 Å². The van der Waals surface area contributed by atoms with Crippen molar-refractivity contribution in [3.8, 4) is 0 Å². The highest BCUT2D eigenvalue weighted by atomic mass is 35.5. The van der Waals surface area contributed by atoms with Crippen molar-refractivity contribution in [1.82, 2.24) is 5.32 Å². The van der Waals surface area contributed by atoms with Gasteiger partial charge in [-0.3, -0.25) is 0 Å². The third kappa shape index (κ3) is 4.36. The molecule has 0 amide bonds. The number of rotatable bonds is 5. The Balaban J connectivity index is 1.94. The highest BCUT2D eigenvalue weighted by Crippen LogP contribution is 2.29. The molecule has 20 heavy (non-hydrogen) atoms. The van der Waals surface area contributed by atoms with Gasteiger partial charge in [0.1, 0.15) is 0 Å². The van der Waals surface area contributed by atoms with Crippen LogP contribution in [-0.2, 0) is 0 Å². The molecule has 112 valence electrons. The summed E-state index contributed by atoms with van der Waals surface area (Å²) in [5, 5.41) is 14.7. The van der Waals surface area contributed by atoms with Crippen molar-refractivity contribution in [3.05, 3.63) is 33.8 Å². The van der Waals surface area contributed by atoms with Gasteiger partial charge in [-0.2, -0.15) is 0 Å². The van der Waals surface area contributed by atoms with E-state index < -0.39 is 0 Å². The van der Waals surface area contributed by atoms with Crippen LogP contribution in [0.25, 0.3) is 0 Å². The second-order valence-corrected chi connectivity index (χ2v) is 6.57. The Labute approximate surface area is 131 Å². The molecule has 1 aliphatic rings. The second kappa shape index (κ2) is 7.65. The lowest BCUT2D eigenvalue weighted by molar-refractivity contribution is 0.0995. The third-order valence-electron chi connectivity index (χ3n) is 4.15. The average Bonchev–Trinajstić information content (AvgIpc) is 2.41. The van der Waals surface area contributed by atoms with Gasteiger partial charge in [0.2, 0.25) is 0 Å². The van der Waals surface area contributed by atoms with Crippen LogP contribution in [-0.4, -0.2) is 17.8 Å². The maximum Gasteiger partial charge on any atom is 0.0543 e. The zero-order valence-corrected chi connectivity index (χ0v) is 13.4. The van der Waals surface area contributed by atoms with Gasteiger partial charge in [0, 0.05) is 16.1 Å². The Hall–Kier alpha value is -0.280. The molecule has 0 saturated heterocycles. The van der Waals surface area contributed by atoms with E-state index in [0.717, 1.165) is 42.8 Å². The van der Waals surface area contributed by atoms with E-state index in [1.165, 1.54) is 6.42 Å². The normalized spacial score (nSPS) is 24.6. The summed E-state index contributed by atoms with van der Waals surface area (Å²) in [4.78, 5) is 0. The highest BCUT2D eigenvalue weighted by molar-refractivity contribution is 6.35. The summed E-state index contributed by atoms with van der Waals surface area (Å²) < 4.78 is 0. The van der Waals surface area contributed by atoms with E-state index in [-0.39, 0.29) is 12.1 Å². The molecular formula is C16H23Cl2NO. The topological polar surface area (TPSA) is 32.3 Å². The Morgan fingerprint density at radius 1 is 1.35 bits per heavy atom. The number of aliphatic hydroxyl groups excluding tert-OH is 1. The number of nitrogens with one attached hydrogen (secondary N) is 1. The summed E-state index contributed by atoms with van der Waals surface area (Å²) in [6.45, 7) is 3.09. The Bertz CT molecular complexity index is 438. The number of hydrogen-bond acceptors (Lipinski definition) is 2. The summed E-state index contributed by atoms with van der Waals surface area (Å²) in [6, 6.07) is 5.94. The molecule has 0 spiro atoms. The van der Waals surface area contributed by atoms with E-state index in [1.807, 2.05) is 12.1 Å². The fourth-order valence-corrected chi connectivity index (χ4v) is 3.56. The lowest BCUT2D eigenvalue weighted by Gasteiger charge is -2.28. The van der Waals surface area contributed by atoms with Gasteiger partial charge in [0.15, 0.2) is 0 Å². The van der Waals surface area contributed by atoms with Crippen LogP contribution < -0.4 is 5.32 Å². The summed E-state index contributed by atoms with van der Waals surface area (Å²) in [7, 11) is 0. The molecule has 0 aromatic heterocycles. The number of hydrogen-bond donors (Lipinski definition) is 2. The molecule has 0 heterocycles. The fourth-order valence-electron chi connectivity index (χ4n) is 3.02. The van der Waals surface area contributed by atoms with Crippen LogP contribution in [0.4, 0.5) is 0 Å². The molecule has 0 aliphatic heterocycles. The van der Waals surface area contributed by atoms with Crippen LogP contribution in [0.3, 0.4) is 0 Å². The molecule has 0 radical (unpaired) electrons. The summed E-state index contributed by atoms with van der Waals surface area (Å²) in [6.07, 6.45) is 5.07. The Morgan fingerprint density at radius 2 is 2.15 bits per heavy atom. The molecule has 0 bridgehead atoms. The molecule has 1 saturated carbocycles. The molecule has 2 rings (SSSR count). The molecule has 1 fully saturated rings. The second-order valence-electron chi connectivity index (χ2n) is 5.72. The minimum absolute atomic E-state index is 0.116. The third-order valence-corrected chi connectivity index (χ3v) is 4.72. The van der Waals surface area contributed by atoms with Gasteiger partial charge in [-0.05, 0) is 55.8 Å². The molecule has 3 unspecified atom stereocenters. The predicted molar refractivity (Wildman–Crippen MR) is 85.5 cm³/mol. The molecule has 2 N–H and O–H groups in total. The van der Waals surface area contributed by atoms with Gasteiger partial charge in [-0.25, -0.2) is 0 Å². The maximum atomic E-state index is 9.73. The van der Waals surface area contributed by atoms with Gasteiger partial charge >= 0.3 is 0 Å². The monoisotopic (exact) mass is 315 g/mol. The smallest absolute Gasteiger partial charge is 0.0543 e. The standard InChI is InChI=1S/C16H23Cl2NO/c1-2-16(14-7-6-12(17)9-15(14)18)19-10-11-4-3-5-13(20)8-11/h6-7,9,11,13,16,19-20H,2-5,8,10H2,1H3. The first kappa shape index (κ1) is 16.1. The van der Waals surface area contributed by atoms with Crippen molar-refractivity contribution >= 4 is 23.2 Å². The SMILES string of the molecule is CCC(NCC1CCCC(O)C1)c1ccc(Cl)cc1Cl. The highest BCUT2D eigenvalue weighted by Gasteiger charge is 2.21. The zero-order valence-electron chi connectivity index (χ0n) is 11.9. The van der Waals surface area contributed by atoms with Crippen LogP contribution in [0.1, 0.15) is 50.6 Å². The summed E-state index contributed by atoms with van der Waals surface area (Å²) >= 11 is 12.2. The number of halogens is 2. The molecular weight excluding hydrogens is 293 g/mol. The van der Waals surface area contributed by atoms with Crippen LogP contribution in [0.15, 0.2) is 18.2 Å². The van der Waals surface area contributed by atoms with E-state index in [1.54, 1.807) is 6.07 Å². The Kier molecular flexibility index (Phi) is 6.16. The zero-order chi connectivity index (χ0) is 14.5. The molecule has 1 aliphatic carbocycles. The van der Waals surface area contributed by atoms with Crippen molar-refractivity contribution < 1.29 is 5.11 Å². The predicted octanol–water partition coefficient (Wildman–Crippen LogP) is 4.59. The molecule has 1 aromatic carbocycles. The maximum absolute atomic E-state index is 9.73. The first-order valence-corrected chi connectivity index (χ1v) is 8.22. The molecule has 4 heteroatoms. The number of aliphatic hydroxyl groups is 1. The molecule has 2 nitrogen and oxygen atoms in total. The van der Waals surface area contributed by atoms with E-state index in [0.29, 0.717) is 10.9 Å². The van der Waals surface area contributed by atoms with Gasteiger partial charge < -0.3 is 10.4 Å². The summed E-state index contributed by atoms with van der Waals surface area (Å²) in [5.74, 6) is 0.568. The first-order chi connectivity index (χ1) is 9.60. The van der Waals surface area contributed by atoms with Crippen LogP contribution in [0, 0.1) is 5.92 Å². The van der Waals surface area contributed by atoms with E-state index in [4.69, 9.17) is 23.2 Å². The molecule has 3 atom stereocenters. The quantitative estimate of drug-likeness (QED) is 0.833.